The summed E-state index contributed by atoms with van der Waals surface area (Å²) in [7, 11) is 0. The molecule has 1 heterocycles. The van der Waals surface area contributed by atoms with Crippen LogP contribution in [0.1, 0.15) is 5.56 Å². The maximum Gasteiger partial charge on any atom is 0.167 e. The van der Waals surface area contributed by atoms with E-state index in [0.29, 0.717) is 21.3 Å². The Morgan fingerprint density at radius 3 is 2.73 bits per heavy atom. The van der Waals surface area contributed by atoms with Gasteiger partial charge in [-0.3, -0.25) is 0 Å². The molecular formula is C9H6BrCl2N3. The lowest BCUT2D eigenvalue weighted by Crippen LogP contribution is -2.01. The second-order valence-electron chi connectivity index (χ2n) is 2.96. The zero-order chi connectivity index (χ0) is 10.8. The summed E-state index contributed by atoms with van der Waals surface area (Å²) in [6.07, 6.45) is 0. The van der Waals surface area contributed by atoms with Crippen LogP contribution >= 0.6 is 39.1 Å². The van der Waals surface area contributed by atoms with E-state index in [2.05, 4.69) is 26.2 Å². The molecule has 0 N–H and O–H groups in total. The van der Waals surface area contributed by atoms with Gasteiger partial charge in [0.1, 0.15) is 0 Å². The van der Waals surface area contributed by atoms with Crippen molar-refractivity contribution in [1.82, 2.24) is 15.0 Å². The minimum absolute atomic E-state index is 0.481. The first-order valence-corrected chi connectivity index (χ1v) is 5.70. The van der Waals surface area contributed by atoms with E-state index >= 15 is 0 Å². The predicted molar refractivity (Wildman–Crippen MR) is 63.3 cm³/mol. The number of aromatic nitrogens is 3. The molecule has 15 heavy (non-hydrogen) atoms. The average Bonchev–Trinajstić information content (AvgIpc) is 2.50. The van der Waals surface area contributed by atoms with Crippen LogP contribution in [0.2, 0.25) is 10.2 Å². The van der Waals surface area contributed by atoms with Gasteiger partial charge in [0.15, 0.2) is 9.76 Å². The molecule has 0 atom stereocenters. The van der Waals surface area contributed by atoms with Crippen molar-refractivity contribution in [3.8, 4) is 0 Å². The Bertz CT molecular complexity index is 484. The monoisotopic (exact) mass is 305 g/mol. The maximum atomic E-state index is 5.96. The van der Waals surface area contributed by atoms with Gasteiger partial charge in [-0.05, 0) is 33.6 Å². The van der Waals surface area contributed by atoms with Crippen molar-refractivity contribution in [1.29, 1.82) is 0 Å². The van der Waals surface area contributed by atoms with Crippen molar-refractivity contribution < 1.29 is 0 Å². The van der Waals surface area contributed by atoms with E-state index in [0.717, 1.165) is 5.56 Å². The highest BCUT2D eigenvalue weighted by Crippen LogP contribution is 2.20. The summed E-state index contributed by atoms with van der Waals surface area (Å²) in [5, 5.41) is 8.86. The molecule has 2 rings (SSSR count). The lowest BCUT2D eigenvalue weighted by atomic mass is 10.2. The van der Waals surface area contributed by atoms with Crippen LogP contribution in [0, 0.1) is 0 Å². The van der Waals surface area contributed by atoms with E-state index < -0.39 is 0 Å². The predicted octanol–water partition coefficient (Wildman–Crippen LogP) is 3.40. The van der Waals surface area contributed by atoms with Gasteiger partial charge in [-0.1, -0.05) is 40.5 Å². The van der Waals surface area contributed by atoms with E-state index in [1.165, 1.54) is 0 Å². The van der Waals surface area contributed by atoms with Crippen LogP contribution in [0.5, 0.6) is 0 Å². The molecule has 1 aromatic carbocycles. The molecule has 1 aromatic heterocycles. The van der Waals surface area contributed by atoms with Crippen LogP contribution in [0.15, 0.2) is 28.9 Å². The van der Waals surface area contributed by atoms with Crippen molar-refractivity contribution in [2.45, 2.75) is 6.54 Å². The van der Waals surface area contributed by atoms with Crippen LogP contribution in [-0.4, -0.2) is 15.0 Å². The fraction of sp³-hybridized carbons (Fsp3) is 0.111. The minimum Gasteiger partial charge on any atom is -0.228 e. The largest absolute Gasteiger partial charge is 0.228 e. The van der Waals surface area contributed by atoms with E-state index in [9.17, 15) is 0 Å². The third kappa shape index (κ3) is 2.51. The highest BCUT2D eigenvalue weighted by molar-refractivity contribution is 9.10. The van der Waals surface area contributed by atoms with E-state index in [1.54, 1.807) is 4.68 Å². The number of hydrogen-bond donors (Lipinski definition) is 0. The van der Waals surface area contributed by atoms with Gasteiger partial charge in [-0.25, -0.2) is 4.68 Å². The smallest absolute Gasteiger partial charge is 0.167 e. The standard InChI is InChI=1S/C9H6BrCl2N3/c10-8-9(12)15(14-13-8)5-6-2-1-3-7(11)4-6/h1-4H,5H2. The van der Waals surface area contributed by atoms with Gasteiger partial charge < -0.3 is 0 Å². The lowest BCUT2D eigenvalue weighted by molar-refractivity contribution is 0.650. The summed E-state index contributed by atoms with van der Waals surface area (Å²) < 4.78 is 2.14. The Kier molecular flexibility index (Phi) is 3.29. The SMILES string of the molecule is Clc1cccc(Cn2nnc(Br)c2Cl)c1. The Hall–Kier alpha value is -0.580. The molecule has 0 saturated heterocycles. The van der Waals surface area contributed by atoms with Crippen molar-refractivity contribution in [2.75, 3.05) is 0 Å². The van der Waals surface area contributed by atoms with Crippen molar-refractivity contribution >= 4 is 39.1 Å². The van der Waals surface area contributed by atoms with Gasteiger partial charge in [-0.15, -0.1) is 5.10 Å². The van der Waals surface area contributed by atoms with Gasteiger partial charge in [-0.2, -0.15) is 0 Å². The fourth-order valence-electron chi connectivity index (χ4n) is 1.19. The fourth-order valence-corrected chi connectivity index (χ4v) is 1.81. The highest BCUT2D eigenvalue weighted by Gasteiger charge is 2.07. The Morgan fingerprint density at radius 1 is 1.33 bits per heavy atom. The third-order valence-electron chi connectivity index (χ3n) is 1.86. The first-order valence-electron chi connectivity index (χ1n) is 4.16. The van der Waals surface area contributed by atoms with Crippen LogP contribution in [0.4, 0.5) is 0 Å². The van der Waals surface area contributed by atoms with Gasteiger partial charge in [0.25, 0.3) is 0 Å². The molecule has 6 heteroatoms. The summed E-state index contributed by atoms with van der Waals surface area (Å²) in [6.45, 7) is 0.554. The number of hydrogen-bond acceptors (Lipinski definition) is 2. The van der Waals surface area contributed by atoms with Gasteiger partial charge in [0, 0.05) is 5.02 Å². The van der Waals surface area contributed by atoms with Crippen LogP contribution in [0.3, 0.4) is 0 Å². The van der Waals surface area contributed by atoms with Crippen molar-refractivity contribution in [2.24, 2.45) is 0 Å². The molecule has 0 fully saturated rings. The van der Waals surface area contributed by atoms with Gasteiger partial charge >= 0.3 is 0 Å². The van der Waals surface area contributed by atoms with Crippen molar-refractivity contribution in [3.63, 3.8) is 0 Å². The number of nitrogens with zero attached hydrogens (tertiary/aromatic N) is 3. The van der Waals surface area contributed by atoms with E-state index in [4.69, 9.17) is 23.2 Å². The van der Waals surface area contributed by atoms with Crippen LogP contribution in [-0.2, 0) is 6.54 Å². The molecule has 0 spiro atoms. The van der Waals surface area contributed by atoms with E-state index in [1.807, 2.05) is 24.3 Å². The molecule has 0 radical (unpaired) electrons. The van der Waals surface area contributed by atoms with Crippen molar-refractivity contribution in [3.05, 3.63) is 44.6 Å². The Labute approximate surface area is 105 Å². The first-order chi connectivity index (χ1) is 7.16. The van der Waals surface area contributed by atoms with Gasteiger partial charge in [0.05, 0.1) is 6.54 Å². The summed E-state index contributed by atoms with van der Waals surface area (Å²) >= 11 is 15.0. The second kappa shape index (κ2) is 4.51. The number of benzene rings is 1. The minimum atomic E-state index is 0.481. The first kappa shape index (κ1) is 10.9. The summed E-state index contributed by atoms with van der Waals surface area (Å²) in [6, 6.07) is 7.53. The molecular weight excluding hydrogens is 301 g/mol. The zero-order valence-electron chi connectivity index (χ0n) is 7.49. The number of rotatable bonds is 2. The third-order valence-corrected chi connectivity index (χ3v) is 3.23. The molecule has 2 aromatic rings. The zero-order valence-corrected chi connectivity index (χ0v) is 10.6. The molecule has 0 aliphatic rings. The molecule has 0 aliphatic carbocycles. The molecule has 78 valence electrons. The molecule has 0 bridgehead atoms. The highest BCUT2D eigenvalue weighted by atomic mass is 79.9. The van der Waals surface area contributed by atoms with Gasteiger partial charge in [0.2, 0.25) is 0 Å². The molecule has 0 amide bonds. The molecule has 3 nitrogen and oxygen atoms in total. The van der Waals surface area contributed by atoms with E-state index in [-0.39, 0.29) is 0 Å². The summed E-state index contributed by atoms with van der Waals surface area (Å²) in [5.41, 5.74) is 1.03. The summed E-state index contributed by atoms with van der Waals surface area (Å²) in [4.78, 5) is 0. The summed E-state index contributed by atoms with van der Waals surface area (Å²) in [5.74, 6) is 0. The normalized spacial score (nSPS) is 10.6. The molecule has 0 aliphatic heterocycles. The lowest BCUT2D eigenvalue weighted by Gasteiger charge is -2.02. The topological polar surface area (TPSA) is 30.7 Å². The number of halogens is 3. The Morgan fingerprint density at radius 2 is 2.13 bits per heavy atom. The second-order valence-corrected chi connectivity index (χ2v) is 4.50. The quantitative estimate of drug-likeness (QED) is 0.851. The molecule has 0 saturated carbocycles. The average molecular weight is 307 g/mol. The maximum absolute atomic E-state index is 5.96. The molecule has 0 unspecified atom stereocenters. The Balaban J connectivity index is 2.26. The van der Waals surface area contributed by atoms with Crippen LogP contribution < -0.4 is 0 Å². The van der Waals surface area contributed by atoms with Crippen LogP contribution in [0.25, 0.3) is 0 Å².